The van der Waals surface area contributed by atoms with Gasteiger partial charge in [0, 0.05) is 50.0 Å². The standard InChI is InChI=1S/C60H49NO2/c1-59(2)50-18-9-6-16-45(50)46-28-25-43(35-53(46)59)61(56-21-11-8-15-44(56)38-13-4-3-5-14-38)57-22-12-20-52-58(57)49-17-7-10-19-51(49)60(52)54-33-39(41-29-31-62-36-41)23-26-47(54)48-27-24-40(34-55(48)60)42-30-32-63-37-42/h3-28,33-35,41-42H,29-32,36-37H2,1-2H3/i41D,42D. The first-order chi connectivity index (χ1) is 31.7. The van der Waals surface area contributed by atoms with Crippen LogP contribution in [0.3, 0.4) is 0 Å². The molecule has 2 saturated heterocycles. The fourth-order valence-corrected chi connectivity index (χ4v) is 12.0. The molecule has 0 aromatic heterocycles. The van der Waals surface area contributed by atoms with Crippen molar-refractivity contribution in [3.05, 3.63) is 220 Å². The number of para-hydroxylation sites is 1. The molecule has 3 aliphatic carbocycles. The summed E-state index contributed by atoms with van der Waals surface area (Å²) >= 11 is 0. The Kier molecular flexibility index (Phi) is 7.77. The average Bonchev–Trinajstić information content (AvgIpc) is 4.17. The molecule has 3 nitrogen and oxygen atoms in total. The molecular formula is C60H49NO2. The highest BCUT2D eigenvalue weighted by atomic mass is 16.5. The number of hydrogen-bond donors (Lipinski definition) is 0. The predicted octanol–water partition coefficient (Wildman–Crippen LogP) is 14.5. The lowest BCUT2D eigenvalue weighted by Gasteiger charge is -2.33. The van der Waals surface area contributed by atoms with Crippen LogP contribution in [-0.4, -0.2) is 26.4 Å². The molecule has 2 aliphatic heterocycles. The lowest BCUT2D eigenvalue weighted by atomic mass is 9.69. The third-order valence-electron chi connectivity index (χ3n) is 14.9. The number of hydrogen-bond acceptors (Lipinski definition) is 3. The second-order valence-electron chi connectivity index (χ2n) is 18.4. The highest BCUT2D eigenvalue weighted by Crippen LogP contribution is 2.66. The second-order valence-corrected chi connectivity index (χ2v) is 18.4. The van der Waals surface area contributed by atoms with Crippen molar-refractivity contribution >= 4 is 17.1 Å². The van der Waals surface area contributed by atoms with E-state index in [1.165, 1.54) is 66.8 Å². The highest BCUT2D eigenvalue weighted by molar-refractivity contribution is 6.03. The minimum absolute atomic E-state index is 0.187. The van der Waals surface area contributed by atoms with Crippen LogP contribution in [0.2, 0.25) is 0 Å². The Hall–Kier alpha value is -6.52. The van der Waals surface area contributed by atoms with E-state index in [9.17, 15) is 2.74 Å². The van der Waals surface area contributed by atoms with Crippen LogP contribution in [0.25, 0.3) is 44.5 Å². The fourth-order valence-electron chi connectivity index (χ4n) is 12.0. The van der Waals surface area contributed by atoms with Gasteiger partial charge in [-0.3, -0.25) is 0 Å². The van der Waals surface area contributed by atoms with Gasteiger partial charge in [-0.2, -0.15) is 0 Å². The van der Waals surface area contributed by atoms with Crippen molar-refractivity contribution in [2.24, 2.45) is 0 Å². The first kappa shape index (κ1) is 35.0. The summed E-state index contributed by atoms with van der Waals surface area (Å²) in [6.45, 7) is 6.66. The van der Waals surface area contributed by atoms with Gasteiger partial charge in [-0.05, 0) is 115 Å². The van der Waals surface area contributed by atoms with Crippen LogP contribution in [0.5, 0.6) is 0 Å². The zero-order chi connectivity index (χ0) is 43.7. The summed E-state index contributed by atoms with van der Waals surface area (Å²) in [6.07, 6.45) is 1.32. The highest BCUT2D eigenvalue weighted by Gasteiger charge is 2.53. The lowest BCUT2D eigenvalue weighted by molar-refractivity contribution is 0.194. The van der Waals surface area contributed by atoms with Crippen molar-refractivity contribution in [3.8, 4) is 44.5 Å². The van der Waals surface area contributed by atoms with Crippen molar-refractivity contribution in [3.63, 3.8) is 0 Å². The molecule has 1 spiro atoms. The Morgan fingerprint density at radius 2 is 1.00 bits per heavy atom. The summed E-state index contributed by atoms with van der Waals surface area (Å²) in [5, 5.41) is 0. The summed E-state index contributed by atoms with van der Waals surface area (Å²) in [4.78, 5) is 2.52. The van der Waals surface area contributed by atoms with Crippen LogP contribution >= 0.6 is 0 Å². The van der Waals surface area contributed by atoms with E-state index in [1.54, 1.807) is 0 Å². The monoisotopic (exact) mass is 817 g/mol. The fraction of sp³-hybridized carbons (Fsp3) is 0.200. The molecule has 5 aliphatic rings. The van der Waals surface area contributed by atoms with E-state index >= 15 is 0 Å². The Morgan fingerprint density at radius 3 is 1.68 bits per heavy atom. The van der Waals surface area contributed by atoms with Gasteiger partial charge in [-0.25, -0.2) is 0 Å². The smallest absolute Gasteiger partial charge is 0.0726 e. The molecule has 0 bridgehead atoms. The van der Waals surface area contributed by atoms with Crippen LogP contribution in [0, 0.1) is 0 Å². The first-order valence-corrected chi connectivity index (χ1v) is 22.6. The molecule has 8 aromatic carbocycles. The molecule has 2 heterocycles. The van der Waals surface area contributed by atoms with E-state index < -0.39 is 17.2 Å². The van der Waals surface area contributed by atoms with Gasteiger partial charge < -0.3 is 14.4 Å². The van der Waals surface area contributed by atoms with Gasteiger partial charge in [0.1, 0.15) is 0 Å². The summed E-state index contributed by atoms with van der Waals surface area (Å²) < 4.78 is 31.2. The van der Waals surface area contributed by atoms with E-state index in [1.807, 2.05) is 0 Å². The molecule has 2 unspecified atom stereocenters. The van der Waals surface area contributed by atoms with Crippen LogP contribution in [0.4, 0.5) is 17.1 Å². The minimum atomic E-state index is -0.829. The molecule has 13 rings (SSSR count). The molecule has 63 heavy (non-hydrogen) atoms. The van der Waals surface area contributed by atoms with Gasteiger partial charge in [0.15, 0.2) is 0 Å². The molecule has 0 amide bonds. The van der Waals surface area contributed by atoms with E-state index in [2.05, 4.69) is 195 Å². The van der Waals surface area contributed by atoms with Crippen molar-refractivity contribution in [2.45, 2.75) is 49.3 Å². The molecule has 306 valence electrons. The Balaban J connectivity index is 1.11. The zero-order valence-electron chi connectivity index (χ0n) is 37.7. The van der Waals surface area contributed by atoms with Crippen LogP contribution in [0.1, 0.15) is 85.7 Å². The summed E-state index contributed by atoms with van der Waals surface area (Å²) in [5.41, 5.74) is 21.5. The third-order valence-corrected chi connectivity index (χ3v) is 14.9. The molecule has 3 heteroatoms. The van der Waals surface area contributed by atoms with E-state index in [0.29, 0.717) is 39.3 Å². The van der Waals surface area contributed by atoms with Crippen molar-refractivity contribution in [2.75, 3.05) is 31.3 Å². The molecular weight excluding hydrogens is 767 g/mol. The number of fused-ring (bicyclic) bond motifs is 13. The van der Waals surface area contributed by atoms with E-state index in [-0.39, 0.29) is 5.41 Å². The largest absolute Gasteiger partial charge is 0.381 e. The molecule has 0 radical (unpaired) electrons. The number of anilines is 3. The van der Waals surface area contributed by atoms with E-state index in [4.69, 9.17) is 9.47 Å². The number of rotatable bonds is 6. The van der Waals surface area contributed by atoms with Crippen LogP contribution < -0.4 is 4.90 Å². The molecule has 8 aromatic rings. The minimum Gasteiger partial charge on any atom is -0.381 e. The summed E-state index contributed by atoms with van der Waals surface area (Å²) in [7, 11) is 0. The van der Waals surface area contributed by atoms with E-state index in [0.717, 1.165) is 39.3 Å². The Morgan fingerprint density at radius 1 is 0.460 bits per heavy atom. The predicted molar refractivity (Wildman–Crippen MR) is 257 cm³/mol. The van der Waals surface area contributed by atoms with Gasteiger partial charge in [0.05, 0.1) is 30.0 Å². The topological polar surface area (TPSA) is 21.7 Å². The zero-order valence-corrected chi connectivity index (χ0v) is 35.7. The van der Waals surface area contributed by atoms with Gasteiger partial charge in [0.2, 0.25) is 0 Å². The Labute approximate surface area is 373 Å². The third kappa shape index (κ3) is 5.27. The summed E-state index contributed by atoms with van der Waals surface area (Å²) in [5.74, 6) is -1.66. The molecule has 0 saturated carbocycles. The maximum Gasteiger partial charge on any atom is 0.0726 e. The first-order valence-electron chi connectivity index (χ1n) is 23.6. The lowest BCUT2D eigenvalue weighted by Crippen LogP contribution is -2.26. The van der Waals surface area contributed by atoms with Gasteiger partial charge in [0.25, 0.3) is 0 Å². The van der Waals surface area contributed by atoms with Crippen molar-refractivity contribution < 1.29 is 12.2 Å². The van der Waals surface area contributed by atoms with Crippen LogP contribution in [-0.2, 0) is 20.3 Å². The maximum atomic E-state index is 9.69. The normalized spacial score (nSPS) is 23.3. The maximum absolute atomic E-state index is 9.69. The number of ether oxygens (including phenoxy) is 2. The average molecular weight is 818 g/mol. The quantitative estimate of drug-likeness (QED) is 0.167. The number of nitrogens with zero attached hydrogens (tertiary/aromatic N) is 1. The van der Waals surface area contributed by atoms with Gasteiger partial charge in [-0.15, -0.1) is 0 Å². The number of benzene rings is 8. The van der Waals surface area contributed by atoms with Crippen LogP contribution in [0.15, 0.2) is 176 Å². The molecule has 2 fully saturated rings. The SMILES string of the molecule is [2H]C1(c2ccc3c(c2)C2(c4cc(C5([2H])CCOC5)ccc4-3)c3ccccc3-c3c(N(c4ccc5c(c4)C(C)(C)c4ccccc4-5)c4ccccc4-c4ccccc4)cccc32)CCOC1. The second kappa shape index (κ2) is 14.0. The molecule has 2 atom stereocenters. The summed E-state index contributed by atoms with van der Waals surface area (Å²) in [6, 6.07) is 65.1. The Bertz CT molecular complexity index is 3180. The molecule has 0 N–H and O–H groups in total. The van der Waals surface area contributed by atoms with Gasteiger partial charge in [-0.1, -0.05) is 166 Å². The van der Waals surface area contributed by atoms with Gasteiger partial charge >= 0.3 is 0 Å². The van der Waals surface area contributed by atoms with Crippen molar-refractivity contribution in [1.82, 2.24) is 0 Å². The van der Waals surface area contributed by atoms with Crippen molar-refractivity contribution in [1.29, 1.82) is 0 Å².